The Morgan fingerprint density at radius 1 is 0.435 bits per heavy atom. The second-order valence-electron chi connectivity index (χ2n) is 11.6. The van der Waals surface area contributed by atoms with Crippen LogP contribution in [0.4, 0.5) is 0 Å². The van der Waals surface area contributed by atoms with Crippen LogP contribution in [0.2, 0.25) is 13.1 Å². The molecule has 2 radical (unpaired) electrons. The molecule has 224 valence electrons. The van der Waals surface area contributed by atoms with Crippen molar-refractivity contribution in [3.63, 3.8) is 0 Å². The van der Waals surface area contributed by atoms with Gasteiger partial charge in [0.15, 0.2) is 0 Å². The SMILES string of the molecule is CCc1cc2c(-c3cccc4ccccc34)cccc2[cH-]1.CCc1cc2c(-c3cccc4ccccc34)cccc2[cH-]1.C[Si]C.[Zr+2]. The average Bonchev–Trinajstić information content (AvgIpc) is 3.73. The summed E-state index contributed by atoms with van der Waals surface area (Å²) in [6.45, 7) is 8.73. The molecule has 0 saturated carbocycles. The summed E-state index contributed by atoms with van der Waals surface area (Å²) >= 11 is 0. The molecule has 0 bridgehead atoms. The molecule has 8 rings (SSSR count). The first-order valence-corrected chi connectivity index (χ1v) is 18.1. The van der Waals surface area contributed by atoms with Crippen LogP contribution in [0.15, 0.2) is 146 Å². The Morgan fingerprint density at radius 2 is 0.761 bits per heavy atom. The van der Waals surface area contributed by atoms with Crippen LogP contribution < -0.4 is 0 Å². The molecule has 0 spiro atoms. The van der Waals surface area contributed by atoms with E-state index >= 15 is 0 Å². The number of fused-ring (bicyclic) bond motifs is 4. The largest absolute Gasteiger partial charge is 2.00 e. The summed E-state index contributed by atoms with van der Waals surface area (Å²) in [5.74, 6) is 0. The van der Waals surface area contributed by atoms with Crippen molar-refractivity contribution in [2.24, 2.45) is 0 Å². The zero-order valence-electron chi connectivity index (χ0n) is 27.3. The molecule has 0 atom stereocenters. The zero-order chi connectivity index (χ0) is 31.2. The Balaban J connectivity index is 0.000000164. The van der Waals surface area contributed by atoms with Gasteiger partial charge in [-0.2, -0.15) is 12.1 Å². The molecule has 0 fully saturated rings. The molecule has 0 amide bonds. The van der Waals surface area contributed by atoms with Gasteiger partial charge < -0.3 is 0 Å². The maximum atomic E-state index is 2.34. The Labute approximate surface area is 295 Å². The monoisotopic (exact) mass is 686 g/mol. The van der Waals surface area contributed by atoms with E-state index < -0.39 is 0 Å². The molecule has 0 aliphatic rings. The number of benzene rings is 6. The van der Waals surface area contributed by atoms with E-state index in [2.05, 4.69) is 173 Å². The molecular weight excluding hydrogens is 648 g/mol. The fraction of sp³-hybridized carbons (Fsp3) is 0.136. The predicted octanol–water partition coefficient (Wildman–Crippen LogP) is 12.7. The van der Waals surface area contributed by atoms with Crippen molar-refractivity contribution in [2.45, 2.75) is 39.8 Å². The fourth-order valence-electron chi connectivity index (χ4n) is 6.39. The Morgan fingerprint density at radius 3 is 1.15 bits per heavy atom. The number of hydrogen-bond acceptors (Lipinski definition) is 0. The molecule has 0 heterocycles. The van der Waals surface area contributed by atoms with Crippen molar-refractivity contribution in [1.29, 1.82) is 0 Å². The van der Waals surface area contributed by atoms with E-state index in [0.717, 1.165) is 22.4 Å². The first-order chi connectivity index (χ1) is 22.1. The van der Waals surface area contributed by atoms with Gasteiger partial charge in [-0.1, -0.05) is 135 Å². The van der Waals surface area contributed by atoms with Crippen LogP contribution in [0.25, 0.3) is 65.3 Å². The number of hydrogen-bond donors (Lipinski definition) is 0. The topological polar surface area (TPSA) is 0 Å². The average molecular weight is 688 g/mol. The molecule has 0 aromatic heterocycles. The third-order valence-corrected chi connectivity index (χ3v) is 8.60. The van der Waals surface area contributed by atoms with E-state index in [9.17, 15) is 0 Å². The van der Waals surface area contributed by atoms with Gasteiger partial charge in [-0.05, 0) is 45.5 Å². The third kappa shape index (κ3) is 6.95. The molecular formula is C44H40SiZr. The second kappa shape index (κ2) is 15.6. The fourth-order valence-corrected chi connectivity index (χ4v) is 6.39. The van der Waals surface area contributed by atoms with Crippen molar-refractivity contribution in [3.8, 4) is 22.3 Å². The van der Waals surface area contributed by atoms with Gasteiger partial charge in [-0.15, -0.1) is 69.1 Å². The van der Waals surface area contributed by atoms with Crippen molar-refractivity contribution >= 4 is 52.6 Å². The van der Waals surface area contributed by atoms with Crippen LogP contribution in [-0.4, -0.2) is 9.52 Å². The number of rotatable bonds is 4. The summed E-state index contributed by atoms with van der Waals surface area (Å²) in [5.41, 5.74) is 8.15. The standard InChI is InChI=1S/2C21H17.C2H6Si.Zr/c2*1-2-15-13-17-9-6-12-20(21(17)14-15)19-11-5-8-16-7-3-4-10-18(16)19;1-3-2;/h2*3-14H,2H2,1H3;1-2H3;/q2*-1;;+2. The van der Waals surface area contributed by atoms with E-state index in [0.29, 0.717) is 0 Å². The summed E-state index contributed by atoms with van der Waals surface area (Å²) in [4.78, 5) is 0. The van der Waals surface area contributed by atoms with E-state index in [1.165, 1.54) is 76.5 Å². The molecule has 0 nitrogen and oxygen atoms in total. The van der Waals surface area contributed by atoms with Gasteiger partial charge in [0.05, 0.1) is 0 Å². The smallest absolute Gasteiger partial charge is 0.164 e. The van der Waals surface area contributed by atoms with Gasteiger partial charge in [0.2, 0.25) is 0 Å². The van der Waals surface area contributed by atoms with E-state index in [-0.39, 0.29) is 26.2 Å². The van der Waals surface area contributed by atoms with Gasteiger partial charge >= 0.3 is 26.2 Å². The maximum Gasteiger partial charge on any atom is 2.00 e. The number of aryl methyl sites for hydroxylation is 2. The quantitative estimate of drug-likeness (QED) is 0.128. The van der Waals surface area contributed by atoms with Gasteiger partial charge in [-0.3, -0.25) is 0 Å². The predicted molar refractivity (Wildman–Crippen MR) is 201 cm³/mol. The van der Waals surface area contributed by atoms with Crippen molar-refractivity contribution in [3.05, 3.63) is 157 Å². The summed E-state index contributed by atoms with van der Waals surface area (Å²) in [6.07, 6.45) is 2.17. The van der Waals surface area contributed by atoms with Crippen molar-refractivity contribution < 1.29 is 26.2 Å². The first-order valence-electron chi connectivity index (χ1n) is 16.1. The van der Waals surface area contributed by atoms with Crippen molar-refractivity contribution in [2.75, 3.05) is 0 Å². The normalized spacial score (nSPS) is 10.7. The minimum atomic E-state index is 0. The molecule has 0 unspecified atom stereocenters. The zero-order valence-corrected chi connectivity index (χ0v) is 30.7. The summed E-state index contributed by atoms with van der Waals surface area (Å²) < 4.78 is 0. The minimum absolute atomic E-state index is 0. The molecule has 0 saturated heterocycles. The second-order valence-corrected chi connectivity index (χ2v) is 12.6. The summed E-state index contributed by atoms with van der Waals surface area (Å²) in [6, 6.07) is 52.9. The minimum Gasteiger partial charge on any atom is -0.164 e. The van der Waals surface area contributed by atoms with Gasteiger partial charge in [0.1, 0.15) is 0 Å². The molecule has 2 heteroatoms. The van der Waals surface area contributed by atoms with E-state index in [1.807, 2.05) is 0 Å². The maximum absolute atomic E-state index is 2.34. The summed E-state index contributed by atoms with van der Waals surface area (Å²) in [5, 5.41) is 10.7. The van der Waals surface area contributed by atoms with Crippen LogP contribution in [0.1, 0.15) is 25.0 Å². The van der Waals surface area contributed by atoms with E-state index in [1.54, 1.807) is 0 Å². The molecule has 8 aromatic rings. The third-order valence-electron chi connectivity index (χ3n) is 8.60. The Hall–Kier alpha value is -3.84. The van der Waals surface area contributed by atoms with Crippen LogP contribution in [0.3, 0.4) is 0 Å². The first kappa shape index (κ1) is 33.5. The van der Waals surface area contributed by atoms with Gasteiger partial charge in [0.25, 0.3) is 0 Å². The van der Waals surface area contributed by atoms with Crippen LogP contribution in [0, 0.1) is 0 Å². The van der Waals surface area contributed by atoms with Crippen molar-refractivity contribution in [1.82, 2.24) is 0 Å². The van der Waals surface area contributed by atoms with Crippen LogP contribution >= 0.6 is 0 Å². The van der Waals surface area contributed by atoms with Crippen LogP contribution in [0.5, 0.6) is 0 Å². The van der Waals surface area contributed by atoms with Crippen LogP contribution in [-0.2, 0) is 39.0 Å². The van der Waals surface area contributed by atoms with Gasteiger partial charge in [0, 0.05) is 9.52 Å². The molecule has 0 N–H and O–H groups in total. The van der Waals surface area contributed by atoms with E-state index in [4.69, 9.17) is 0 Å². The Bertz CT molecular complexity index is 2030. The molecule has 0 aliphatic heterocycles. The summed E-state index contributed by atoms with van der Waals surface area (Å²) in [7, 11) is 1.08. The molecule has 0 aliphatic carbocycles. The van der Waals surface area contributed by atoms with Gasteiger partial charge in [-0.25, -0.2) is 0 Å². The molecule has 46 heavy (non-hydrogen) atoms. The molecule has 8 aromatic carbocycles. The Kier molecular flexibility index (Phi) is 11.4.